The Morgan fingerprint density at radius 3 is 2.57 bits per heavy atom. The molecule has 0 atom stereocenters. The van der Waals surface area contributed by atoms with E-state index in [0.717, 1.165) is 0 Å². The molecular formula is C13H10ClN3O4. The lowest BCUT2D eigenvalue weighted by Crippen LogP contribution is -2.14. The van der Waals surface area contributed by atoms with E-state index in [4.69, 9.17) is 16.3 Å². The SMILES string of the molecule is COc1ccc(NC(=O)c2ccnc(Cl)c2[N+](=O)[O-])cc1. The second-order valence-electron chi connectivity index (χ2n) is 3.94. The largest absolute Gasteiger partial charge is 0.497 e. The van der Waals surface area contributed by atoms with Crippen molar-refractivity contribution >= 4 is 28.9 Å². The number of halogens is 1. The molecule has 1 aromatic heterocycles. The standard InChI is InChI=1S/C13H10ClN3O4/c1-21-9-4-2-8(3-5-9)16-13(18)10-6-7-15-12(14)11(10)17(19)20/h2-7H,1H3,(H,16,18). The van der Waals surface area contributed by atoms with Crippen LogP contribution in [0.3, 0.4) is 0 Å². The first-order valence-electron chi connectivity index (χ1n) is 5.77. The summed E-state index contributed by atoms with van der Waals surface area (Å²) in [4.78, 5) is 25.9. The van der Waals surface area contributed by atoms with Crippen LogP contribution in [0.5, 0.6) is 5.75 Å². The summed E-state index contributed by atoms with van der Waals surface area (Å²) in [5.41, 5.74) is -0.205. The number of nitrogens with zero attached hydrogens (tertiary/aromatic N) is 2. The van der Waals surface area contributed by atoms with Crippen LogP contribution in [0.4, 0.5) is 11.4 Å². The smallest absolute Gasteiger partial charge is 0.319 e. The zero-order valence-electron chi connectivity index (χ0n) is 10.9. The van der Waals surface area contributed by atoms with Crippen LogP contribution in [0.15, 0.2) is 36.5 Å². The number of amides is 1. The molecule has 1 heterocycles. The van der Waals surface area contributed by atoms with Crippen LogP contribution in [0.2, 0.25) is 5.15 Å². The summed E-state index contributed by atoms with van der Waals surface area (Å²) in [5, 5.41) is 13.2. The average Bonchev–Trinajstić information content (AvgIpc) is 2.47. The highest BCUT2D eigenvalue weighted by Gasteiger charge is 2.24. The molecule has 0 radical (unpaired) electrons. The highest BCUT2D eigenvalue weighted by Crippen LogP contribution is 2.26. The number of nitro groups is 1. The number of rotatable bonds is 4. The number of carbonyl (C=O) groups is 1. The van der Waals surface area contributed by atoms with E-state index in [9.17, 15) is 14.9 Å². The maximum atomic E-state index is 12.1. The van der Waals surface area contributed by atoms with Gasteiger partial charge in [-0.05, 0) is 30.3 Å². The Hall–Kier alpha value is -2.67. The zero-order valence-corrected chi connectivity index (χ0v) is 11.6. The van der Waals surface area contributed by atoms with Crippen molar-refractivity contribution in [3.63, 3.8) is 0 Å². The highest BCUT2D eigenvalue weighted by molar-refractivity contribution is 6.32. The maximum absolute atomic E-state index is 12.1. The first-order valence-corrected chi connectivity index (χ1v) is 6.15. The molecule has 0 bridgehead atoms. The summed E-state index contributed by atoms with van der Waals surface area (Å²) in [7, 11) is 1.52. The lowest BCUT2D eigenvalue weighted by molar-refractivity contribution is -0.385. The third-order valence-corrected chi connectivity index (χ3v) is 2.93. The number of ether oxygens (including phenoxy) is 1. The number of hydrogen-bond donors (Lipinski definition) is 1. The molecule has 0 saturated heterocycles. The molecule has 2 aromatic rings. The number of nitrogens with one attached hydrogen (secondary N) is 1. The summed E-state index contributed by atoms with van der Waals surface area (Å²) in [5.74, 6) is -0.0119. The number of benzene rings is 1. The third kappa shape index (κ3) is 3.26. The van der Waals surface area contributed by atoms with Gasteiger partial charge in [0.2, 0.25) is 5.15 Å². The van der Waals surface area contributed by atoms with Crippen molar-refractivity contribution in [3.8, 4) is 5.75 Å². The minimum atomic E-state index is -0.738. The monoisotopic (exact) mass is 307 g/mol. The van der Waals surface area contributed by atoms with Crippen LogP contribution < -0.4 is 10.1 Å². The zero-order chi connectivity index (χ0) is 15.4. The minimum absolute atomic E-state index is 0.157. The van der Waals surface area contributed by atoms with Gasteiger partial charge in [0, 0.05) is 11.9 Å². The number of methoxy groups -OCH3 is 1. The van der Waals surface area contributed by atoms with Crippen molar-refractivity contribution in [2.45, 2.75) is 0 Å². The van der Waals surface area contributed by atoms with Gasteiger partial charge in [0.1, 0.15) is 11.3 Å². The predicted molar refractivity (Wildman–Crippen MR) is 76.8 cm³/mol. The van der Waals surface area contributed by atoms with E-state index >= 15 is 0 Å². The summed E-state index contributed by atoms with van der Waals surface area (Å²) >= 11 is 5.66. The van der Waals surface area contributed by atoms with Gasteiger partial charge in [-0.15, -0.1) is 0 Å². The molecule has 8 heteroatoms. The van der Waals surface area contributed by atoms with Crippen LogP contribution in [-0.4, -0.2) is 22.9 Å². The van der Waals surface area contributed by atoms with Gasteiger partial charge >= 0.3 is 5.69 Å². The third-order valence-electron chi connectivity index (χ3n) is 2.65. The van der Waals surface area contributed by atoms with Gasteiger partial charge in [0.05, 0.1) is 12.0 Å². The van der Waals surface area contributed by atoms with E-state index in [1.807, 2.05) is 0 Å². The molecule has 1 N–H and O–H groups in total. The molecule has 108 valence electrons. The maximum Gasteiger partial charge on any atom is 0.319 e. The van der Waals surface area contributed by atoms with Crippen molar-refractivity contribution in [2.24, 2.45) is 0 Å². The Morgan fingerprint density at radius 1 is 1.33 bits per heavy atom. The fourth-order valence-electron chi connectivity index (χ4n) is 1.66. The molecule has 0 fully saturated rings. The van der Waals surface area contributed by atoms with Gasteiger partial charge in [0.15, 0.2) is 0 Å². The normalized spacial score (nSPS) is 10.0. The molecule has 1 amide bonds. The van der Waals surface area contributed by atoms with Gasteiger partial charge in [0.25, 0.3) is 5.91 Å². The second kappa shape index (κ2) is 6.19. The Kier molecular flexibility index (Phi) is 4.34. The molecule has 2 rings (SSSR count). The van der Waals surface area contributed by atoms with Gasteiger partial charge in [-0.2, -0.15) is 0 Å². The topological polar surface area (TPSA) is 94.4 Å². The number of pyridine rings is 1. The number of hydrogen-bond acceptors (Lipinski definition) is 5. The number of carbonyl (C=O) groups excluding carboxylic acids is 1. The van der Waals surface area contributed by atoms with E-state index in [-0.39, 0.29) is 10.7 Å². The van der Waals surface area contributed by atoms with Gasteiger partial charge in [-0.25, -0.2) is 4.98 Å². The molecule has 0 unspecified atom stereocenters. The summed E-state index contributed by atoms with van der Waals surface area (Å²) in [6.07, 6.45) is 1.23. The molecule has 7 nitrogen and oxygen atoms in total. The van der Waals surface area contributed by atoms with E-state index in [1.54, 1.807) is 24.3 Å². The van der Waals surface area contributed by atoms with Crippen molar-refractivity contribution in [1.29, 1.82) is 0 Å². The lowest BCUT2D eigenvalue weighted by Gasteiger charge is -2.07. The van der Waals surface area contributed by atoms with E-state index in [1.165, 1.54) is 19.4 Å². The van der Waals surface area contributed by atoms with Crippen molar-refractivity contribution in [2.75, 3.05) is 12.4 Å². The van der Waals surface area contributed by atoms with Crippen LogP contribution >= 0.6 is 11.6 Å². The molecule has 21 heavy (non-hydrogen) atoms. The fourth-order valence-corrected chi connectivity index (χ4v) is 1.89. The van der Waals surface area contributed by atoms with E-state index < -0.39 is 16.5 Å². The molecule has 0 aliphatic carbocycles. The molecule has 0 aliphatic rings. The highest BCUT2D eigenvalue weighted by atomic mass is 35.5. The first-order chi connectivity index (χ1) is 10.0. The Labute approximate surface area is 124 Å². The lowest BCUT2D eigenvalue weighted by atomic mass is 10.2. The van der Waals surface area contributed by atoms with Crippen molar-refractivity contribution in [1.82, 2.24) is 4.98 Å². The van der Waals surface area contributed by atoms with Gasteiger partial charge in [-0.3, -0.25) is 14.9 Å². The van der Waals surface area contributed by atoms with Crippen molar-refractivity contribution in [3.05, 3.63) is 57.4 Å². The second-order valence-corrected chi connectivity index (χ2v) is 4.30. The molecular weight excluding hydrogens is 298 g/mol. The molecule has 1 aromatic carbocycles. The van der Waals surface area contributed by atoms with E-state index in [0.29, 0.717) is 11.4 Å². The average molecular weight is 308 g/mol. The van der Waals surface area contributed by atoms with Crippen molar-refractivity contribution < 1.29 is 14.5 Å². The predicted octanol–water partition coefficient (Wildman–Crippen LogP) is 2.90. The number of aromatic nitrogens is 1. The summed E-state index contributed by atoms with van der Waals surface area (Å²) in [6, 6.07) is 7.78. The van der Waals surface area contributed by atoms with Crippen LogP contribution in [0.1, 0.15) is 10.4 Å². The van der Waals surface area contributed by atoms with Gasteiger partial charge < -0.3 is 10.1 Å². The molecule has 0 spiro atoms. The summed E-state index contributed by atoms with van der Waals surface area (Å²) in [6.45, 7) is 0. The number of anilines is 1. The van der Waals surface area contributed by atoms with Crippen LogP contribution in [-0.2, 0) is 0 Å². The molecule has 0 saturated carbocycles. The van der Waals surface area contributed by atoms with Gasteiger partial charge in [-0.1, -0.05) is 11.6 Å². The summed E-state index contributed by atoms with van der Waals surface area (Å²) < 4.78 is 5.00. The quantitative estimate of drug-likeness (QED) is 0.532. The Bertz CT molecular complexity index is 688. The van der Waals surface area contributed by atoms with Crippen LogP contribution in [0, 0.1) is 10.1 Å². The molecule has 0 aliphatic heterocycles. The van der Waals surface area contributed by atoms with Crippen LogP contribution in [0.25, 0.3) is 0 Å². The van der Waals surface area contributed by atoms with E-state index in [2.05, 4.69) is 10.3 Å². The first kappa shape index (κ1) is 14.7. The Balaban J connectivity index is 2.28. The fraction of sp³-hybridized carbons (Fsp3) is 0.0769. The Morgan fingerprint density at radius 2 is 2.00 bits per heavy atom. The minimum Gasteiger partial charge on any atom is -0.497 e.